The minimum Gasteiger partial charge on any atom is -0.505 e. The van der Waals surface area contributed by atoms with Crippen molar-refractivity contribution in [3.8, 4) is 5.75 Å². The number of nitrogens with one attached hydrogen (secondary N) is 1. The van der Waals surface area contributed by atoms with Crippen LogP contribution < -0.4 is 5.32 Å². The summed E-state index contributed by atoms with van der Waals surface area (Å²) in [6.45, 7) is 1.67. The Morgan fingerprint density at radius 3 is 2.43 bits per heavy atom. The average Bonchev–Trinajstić information content (AvgIpc) is 2.42. The first-order valence-corrected chi connectivity index (χ1v) is 6.19. The van der Waals surface area contributed by atoms with Gasteiger partial charge in [0.2, 0.25) is 0 Å². The number of benzene rings is 2. The second kappa shape index (κ2) is 5.63. The van der Waals surface area contributed by atoms with Gasteiger partial charge in [-0.05, 0) is 36.8 Å². The predicted molar refractivity (Wildman–Crippen MR) is 71.5 cm³/mol. The summed E-state index contributed by atoms with van der Waals surface area (Å²) in [5, 5.41) is 12.0. The standard InChI is InChI=1S/C15H13F4NO/c1-9(20-12-5-6-14(21)13(16)8-12)10-3-2-4-11(7-10)15(17,18)19/h2-9,20-21H,1H3. The van der Waals surface area contributed by atoms with Crippen LogP contribution >= 0.6 is 0 Å². The Labute approximate surface area is 119 Å². The number of phenols is 1. The van der Waals surface area contributed by atoms with Gasteiger partial charge in [0, 0.05) is 17.8 Å². The molecular weight excluding hydrogens is 286 g/mol. The zero-order valence-corrected chi connectivity index (χ0v) is 11.1. The molecule has 112 valence electrons. The van der Waals surface area contributed by atoms with Crippen LogP contribution in [-0.2, 0) is 6.18 Å². The van der Waals surface area contributed by atoms with Crippen LogP contribution in [0.5, 0.6) is 5.75 Å². The Hall–Kier alpha value is -2.24. The lowest BCUT2D eigenvalue weighted by Crippen LogP contribution is -2.10. The lowest BCUT2D eigenvalue weighted by Gasteiger charge is -2.17. The molecule has 0 heterocycles. The molecule has 1 atom stereocenters. The van der Waals surface area contributed by atoms with Crippen molar-refractivity contribution in [3.63, 3.8) is 0 Å². The molecule has 0 amide bonds. The van der Waals surface area contributed by atoms with Crippen molar-refractivity contribution in [2.45, 2.75) is 19.1 Å². The van der Waals surface area contributed by atoms with Crippen molar-refractivity contribution in [2.75, 3.05) is 5.32 Å². The molecule has 2 rings (SSSR count). The molecule has 21 heavy (non-hydrogen) atoms. The molecule has 0 radical (unpaired) electrons. The highest BCUT2D eigenvalue weighted by Crippen LogP contribution is 2.31. The molecule has 0 saturated heterocycles. The minimum absolute atomic E-state index is 0.371. The molecule has 0 aliphatic heterocycles. The van der Waals surface area contributed by atoms with Crippen molar-refractivity contribution in [1.82, 2.24) is 0 Å². The first-order valence-electron chi connectivity index (χ1n) is 6.19. The van der Waals surface area contributed by atoms with Gasteiger partial charge in [-0.2, -0.15) is 13.2 Å². The van der Waals surface area contributed by atoms with E-state index in [9.17, 15) is 17.6 Å². The van der Waals surface area contributed by atoms with E-state index in [-0.39, 0.29) is 0 Å². The molecular formula is C15H13F4NO. The first kappa shape index (κ1) is 15.2. The highest BCUT2D eigenvalue weighted by Gasteiger charge is 2.30. The molecule has 2 aromatic carbocycles. The molecule has 0 aromatic heterocycles. The van der Waals surface area contributed by atoms with Crippen molar-refractivity contribution < 1.29 is 22.7 Å². The molecule has 2 nitrogen and oxygen atoms in total. The normalized spacial score (nSPS) is 13.0. The molecule has 0 aliphatic rings. The maximum absolute atomic E-state index is 13.2. The largest absolute Gasteiger partial charge is 0.505 e. The van der Waals surface area contributed by atoms with E-state index in [1.165, 1.54) is 18.2 Å². The van der Waals surface area contributed by atoms with Crippen molar-refractivity contribution in [1.29, 1.82) is 0 Å². The summed E-state index contributed by atoms with van der Waals surface area (Å²) < 4.78 is 51.2. The van der Waals surface area contributed by atoms with Crippen molar-refractivity contribution >= 4 is 5.69 Å². The second-order valence-electron chi connectivity index (χ2n) is 4.66. The fourth-order valence-corrected chi connectivity index (χ4v) is 1.91. The van der Waals surface area contributed by atoms with Gasteiger partial charge in [-0.1, -0.05) is 12.1 Å². The summed E-state index contributed by atoms with van der Waals surface area (Å²) in [6, 6.07) is 8.19. The number of hydrogen-bond acceptors (Lipinski definition) is 2. The average molecular weight is 299 g/mol. The van der Waals surface area contributed by atoms with E-state index >= 15 is 0 Å². The number of rotatable bonds is 3. The third-order valence-electron chi connectivity index (χ3n) is 3.04. The number of anilines is 1. The Bertz CT molecular complexity index is 640. The summed E-state index contributed by atoms with van der Waals surface area (Å²) >= 11 is 0. The highest BCUT2D eigenvalue weighted by molar-refractivity contribution is 5.48. The number of phenolic OH excluding ortho intramolecular Hbond substituents is 1. The van der Waals surface area contributed by atoms with Crippen molar-refractivity contribution in [3.05, 3.63) is 59.4 Å². The summed E-state index contributed by atoms with van der Waals surface area (Å²) in [5.74, 6) is -1.27. The van der Waals surface area contributed by atoms with Gasteiger partial charge in [-0.25, -0.2) is 4.39 Å². The first-order chi connectivity index (χ1) is 9.77. The molecule has 2 aromatic rings. The van der Waals surface area contributed by atoms with Gasteiger partial charge >= 0.3 is 6.18 Å². The van der Waals surface area contributed by atoms with E-state index in [4.69, 9.17) is 5.11 Å². The number of aromatic hydroxyl groups is 1. The number of hydrogen-bond donors (Lipinski definition) is 2. The fourth-order valence-electron chi connectivity index (χ4n) is 1.91. The van der Waals surface area contributed by atoms with E-state index in [2.05, 4.69) is 5.32 Å². The quantitative estimate of drug-likeness (QED) is 0.634. The van der Waals surface area contributed by atoms with Crippen LogP contribution in [0.2, 0.25) is 0 Å². The van der Waals surface area contributed by atoms with Gasteiger partial charge in [0.25, 0.3) is 0 Å². The van der Waals surface area contributed by atoms with Crippen LogP contribution in [0.3, 0.4) is 0 Å². The van der Waals surface area contributed by atoms with Gasteiger partial charge < -0.3 is 10.4 Å². The molecule has 1 unspecified atom stereocenters. The van der Waals surface area contributed by atoms with Crippen LogP contribution in [0.4, 0.5) is 23.2 Å². The van der Waals surface area contributed by atoms with Gasteiger partial charge in [-0.3, -0.25) is 0 Å². The third kappa shape index (κ3) is 3.65. The molecule has 0 spiro atoms. The Morgan fingerprint density at radius 2 is 1.81 bits per heavy atom. The van der Waals surface area contributed by atoms with Gasteiger partial charge in [0.15, 0.2) is 11.6 Å². The van der Waals surface area contributed by atoms with E-state index < -0.39 is 29.3 Å². The van der Waals surface area contributed by atoms with E-state index in [1.54, 1.807) is 13.0 Å². The van der Waals surface area contributed by atoms with Crippen LogP contribution in [0.25, 0.3) is 0 Å². The molecule has 6 heteroatoms. The van der Waals surface area contributed by atoms with Crippen molar-refractivity contribution in [2.24, 2.45) is 0 Å². The monoisotopic (exact) mass is 299 g/mol. The predicted octanol–water partition coefficient (Wildman–Crippen LogP) is 4.72. The molecule has 0 aliphatic carbocycles. The minimum atomic E-state index is -4.40. The van der Waals surface area contributed by atoms with E-state index in [1.807, 2.05) is 0 Å². The van der Waals surface area contributed by atoms with Crippen LogP contribution in [0.15, 0.2) is 42.5 Å². The van der Waals surface area contributed by atoms with Crippen LogP contribution in [0, 0.1) is 5.82 Å². The fraction of sp³-hybridized carbons (Fsp3) is 0.200. The van der Waals surface area contributed by atoms with Gasteiger partial charge in [0.1, 0.15) is 0 Å². The van der Waals surface area contributed by atoms with Gasteiger partial charge in [0.05, 0.1) is 5.56 Å². The zero-order chi connectivity index (χ0) is 15.6. The summed E-state index contributed by atoms with van der Waals surface area (Å²) in [6.07, 6.45) is -4.40. The summed E-state index contributed by atoms with van der Waals surface area (Å²) in [7, 11) is 0. The zero-order valence-electron chi connectivity index (χ0n) is 11.1. The maximum atomic E-state index is 13.2. The second-order valence-corrected chi connectivity index (χ2v) is 4.66. The number of halogens is 4. The highest BCUT2D eigenvalue weighted by atomic mass is 19.4. The maximum Gasteiger partial charge on any atom is 0.416 e. The Balaban J connectivity index is 2.20. The lowest BCUT2D eigenvalue weighted by molar-refractivity contribution is -0.137. The Kier molecular flexibility index (Phi) is 4.06. The van der Waals surface area contributed by atoms with E-state index in [0.29, 0.717) is 11.3 Å². The summed E-state index contributed by atoms with van der Waals surface area (Å²) in [4.78, 5) is 0. The summed E-state index contributed by atoms with van der Waals surface area (Å²) in [5.41, 5.74) is 0.0686. The third-order valence-corrected chi connectivity index (χ3v) is 3.04. The SMILES string of the molecule is CC(Nc1ccc(O)c(F)c1)c1cccc(C(F)(F)F)c1. The smallest absolute Gasteiger partial charge is 0.416 e. The topological polar surface area (TPSA) is 32.3 Å². The van der Waals surface area contributed by atoms with Gasteiger partial charge in [-0.15, -0.1) is 0 Å². The Morgan fingerprint density at radius 1 is 1.10 bits per heavy atom. The molecule has 0 saturated carbocycles. The van der Waals surface area contributed by atoms with E-state index in [0.717, 1.165) is 18.2 Å². The lowest BCUT2D eigenvalue weighted by atomic mass is 10.0. The molecule has 0 fully saturated rings. The van der Waals surface area contributed by atoms with Crippen LogP contribution in [0.1, 0.15) is 24.1 Å². The number of alkyl halides is 3. The molecule has 0 bridgehead atoms. The molecule has 2 N–H and O–H groups in total. The van der Waals surface area contributed by atoms with Crippen LogP contribution in [-0.4, -0.2) is 5.11 Å².